The van der Waals surface area contributed by atoms with Crippen molar-refractivity contribution in [3.8, 4) is 5.75 Å². The standard InChI is InChI=1S/C11H17NO2/c1-3-14-11-6-4-5-10(7-11)12-8-9(2)13/h4-7,9,12-13H,3,8H2,1-2H3. The van der Waals surface area contributed by atoms with Crippen molar-refractivity contribution >= 4 is 5.69 Å². The second-order valence-electron chi connectivity index (χ2n) is 3.19. The Morgan fingerprint density at radius 1 is 1.50 bits per heavy atom. The van der Waals surface area contributed by atoms with E-state index in [0.29, 0.717) is 13.2 Å². The van der Waals surface area contributed by atoms with Crippen molar-refractivity contribution in [2.24, 2.45) is 0 Å². The van der Waals surface area contributed by atoms with Gasteiger partial charge in [-0.3, -0.25) is 0 Å². The van der Waals surface area contributed by atoms with Crippen molar-refractivity contribution in [1.29, 1.82) is 0 Å². The van der Waals surface area contributed by atoms with Gasteiger partial charge in [-0.05, 0) is 26.0 Å². The number of aliphatic hydroxyl groups is 1. The minimum absolute atomic E-state index is 0.342. The predicted octanol–water partition coefficient (Wildman–Crippen LogP) is 1.88. The predicted molar refractivity (Wildman–Crippen MR) is 57.8 cm³/mol. The first-order valence-corrected chi connectivity index (χ1v) is 4.87. The maximum absolute atomic E-state index is 9.09. The Morgan fingerprint density at radius 2 is 2.29 bits per heavy atom. The summed E-state index contributed by atoms with van der Waals surface area (Å²) in [6, 6.07) is 7.71. The molecule has 0 radical (unpaired) electrons. The minimum atomic E-state index is -0.342. The van der Waals surface area contributed by atoms with Gasteiger partial charge in [-0.25, -0.2) is 0 Å². The lowest BCUT2D eigenvalue weighted by molar-refractivity contribution is 0.208. The molecule has 1 aromatic carbocycles. The minimum Gasteiger partial charge on any atom is -0.494 e. The molecule has 0 spiro atoms. The maximum atomic E-state index is 9.09. The van der Waals surface area contributed by atoms with Crippen LogP contribution in [0.25, 0.3) is 0 Å². The summed E-state index contributed by atoms with van der Waals surface area (Å²) in [5.41, 5.74) is 0.969. The number of aliphatic hydroxyl groups excluding tert-OH is 1. The third-order valence-corrected chi connectivity index (χ3v) is 1.75. The summed E-state index contributed by atoms with van der Waals surface area (Å²) in [5, 5.41) is 12.2. The van der Waals surface area contributed by atoms with Gasteiger partial charge in [0.15, 0.2) is 0 Å². The molecule has 1 aromatic rings. The zero-order valence-corrected chi connectivity index (χ0v) is 8.66. The number of ether oxygens (including phenoxy) is 1. The molecule has 0 aliphatic heterocycles. The van der Waals surface area contributed by atoms with Gasteiger partial charge < -0.3 is 15.2 Å². The van der Waals surface area contributed by atoms with Gasteiger partial charge in [0.2, 0.25) is 0 Å². The molecule has 0 aliphatic carbocycles. The van der Waals surface area contributed by atoms with Crippen LogP contribution in [0.1, 0.15) is 13.8 Å². The molecule has 0 heterocycles. The van der Waals surface area contributed by atoms with E-state index in [2.05, 4.69) is 5.32 Å². The highest BCUT2D eigenvalue weighted by molar-refractivity contribution is 5.48. The molecule has 1 unspecified atom stereocenters. The molecule has 0 aromatic heterocycles. The van der Waals surface area contributed by atoms with Gasteiger partial charge >= 0.3 is 0 Å². The van der Waals surface area contributed by atoms with Gasteiger partial charge in [-0.2, -0.15) is 0 Å². The summed E-state index contributed by atoms with van der Waals surface area (Å²) in [7, 11) is 0. The second kappa shape index (κ2) is 5.50. The van der Waals surface area contributed by atoms with E-state index in [1.165, 1.54) is 0 Å². The fourth-order valence-electron chi connectivity index (χ4n) is 1.13. The van der Waals surface area contributed by atoms with Crippen LogP contribution < -0.4 is 10.1 Å². The number of nitrogens with one attached hydrogen (secondary N) is 1. The maximum Gasteiger partial charge on any atom is 0.121 e. The van der Waals surface area contributed by atoms with Crippen LogP contribution in [0, 0.1) is 0 Å². The smallest absolute Gasteiger partial charge is 0.121 e. The van der Waals surface area contributed by atoms with Crippen molar-refractivity contribution in [2.75, 3.05) is 18.5 Å². The van der Waals surface area contributed by atoms with Gasteiger partial charge in [-0.1, -0.05) is 6.07 Å². The third-order valence-electron chi connectivity index (χ3n) is 1.75. The van der Waals surface area contributed by atoms with E-state index in [1.54, 1.807) is 6.92 Å². The van der Waals surface area contributed by atoms with E-state index >= 15 is 0 Å². The normalized spacial score (nSPS) is 12.2. The van der Waals surface area contributed by atoms with Crippen molar-refractivity contribution in [3.05, 3.63) is 24.3 Å². The van der Waals surface area contributed by atoms with Crippen LogP contribution in [0.4, 0.5) is 5.69 Å². The Morgan fingerprint density at radius 3 is 2.93 bits per heavy atom. The molecule has 2 N–H and O–H groups in total. The number of benzene rings is 1. The lowest BCUT2D eigenvalue weighted by atomic mass is 10.3. The highest BCUT2D eigenvalue weighted by atomic mass is 16.5. The molecule has 0 saturated heterocycles. The van der Waals surface area contributed by atoms with Crippen LogP contribution in [0.15, 0.2) is 24.3 Å². The SMILES string of the molecule is CCOc1cccc(NCC(C)O)c1. The van der Waals surface area contributed by atoms with Gasteiger partial charge in [0.05, 0.1) is 12.7 Å². The highest BCUT2D eigenvalue weighted by Gasteiger charge is 1.97. The molecule has 14 heavy (non-hydrogen) atoms. The van der Waals surface area contributed by atoms with Crippen LogP contribution >= 0.6 is 0 Å². The topological polar surface area (TPSA) is 41.5 Å². The molecule has 0 saturated carbocycles. The summed E-state index contributed by atoms with van der Waals surface area (Å²) in [6.07, 6.45) is -0.342. The largest absolute Gasteiger partial charge is 0.494 e. The van der Waals surface area contributed by atoms with Gasteiger partial charge in [0.1, 0.15) is 5.75 Å². The van der Waals surface area contributed by atoms with Crippen molar-refractivity contribution in [2.45, 2.75) is 20.0 Å². The molecule has 1 rings (SSSR count). The monoisotopic (exact) mass is 195 g/mol. The average Bonchev–Trinajstić information content (AvgIpc) is 2.16. The van der Waals surface area contributed by atoms with Gasteiger partial charge in [0, 0.05) is 18.3 Å². The first-order valence-electron chi connectivity index (χ1n) is 4.87. The van der Waals surface area contributed by atoms with E-state index in [9.17, 15) is 0 Å². The Balaban J connectivity index is 2.54. The van der Waals surface area contributed by atoms with Crippen molar-refractivity contribution in [3.63, 3.8) is 0 Å². The summed E-state index contributed by atoms with van der Waals surface area (Å²) in [4.78, 5) is 0. The molecule has 0 fully saturated rings. The summed E-state index contributed by atoms with van der Waals surface area (Å²) >= 11 is 0. The Hall–Kier alpha value is -1.22. The Bertz CT molecular complexity index is 274. The van der Waals surface area contributed by atoms with Crippen LogP contribution in [0.5, 0.6) is 5.75 Å². The quantitative estimate of drug-likeness (QED) is 0.753. The van der Waals surface area contributed by atoms with E-state index in [0.717, 1.165) is 11.4 Å². The fourth-order valence-corrected chi connectivity index (χ4v) is 1.13. The summed E-state index contributed by atoms with van der Waals surface area (Å²) in [5.74, 6) is 0.850. The Kier molecular flexibility index (Phi) is 4.26. The molecule has 0 amide bonds. The summed E-state index contributed by atoms with van der Waals surface area (Å²) < 4.78 is 5.35. The van der Waals surface area contributed by atoms with E-state index in [4.69, 9.17) is 9.84 Å². The lowest BCUT2D eigenvalue weighted by Gasteiger charge is -2.09. The zero-order valence-electron chi connectivity index (χ0n) is 8.66. The highest BCUT2D eigenvalue weighted by Crippen LogP contribution is 2.16. The number of anilines is 1. The first-order chi connectivity index (χ1) is 6.72. The number of hydrogen-bond donors (Lipinski definition) is 2. The molecule has 78 valence electrons. The third kappa shape index (κ3) is 3.66. The van der Waals surface area contributed by atoms with Crippen molar-refractivity contribution < 1.29 is 9.84 Å². The van der Waals surface area contributed by atoms with E-state index in [-0.39, 0.29) is 6.10 Å². The van der Waals surface area contributed by atoms with E-state index in [1.807, 2.05) is 31.2 Å². The van der Waals surface area contributed by atoms with Gasteiger partial charge in [-0.15, -0.1) is 0 Å². The Labute approximate surface area is 84.7 Å². The summed E-state index contributed by atoms with van der Waals surface area (Å²) in [6.45, 7) is 4.92. The zero-order chi connectivity index (χ0) is 10.4. The lowest BCUT2D eigenvalue weighted by Crippen LogP contribution is -2.15. The molecular weight excluding hydrogens is 178 g/mol. The van der Waals surface area contributed by atoms with E-state index < -0.39 is 0 Å². The van der Waals surface area contributed by atoms with Crippen LogP contribution in [0.3, 0.4) is 0 Å². The molecule has 3 nitrogen and oxygen atoms in total. The molecule has 1 atom stereocenters. The number of hydrogen-bond acceptors (Lipinski definition) is 3. The molecule has 0 bridgehead atoms. The average molecular weight is 195 g/mol. The van der Waals surface area contributed by atoms with Crippen LogP contribution in [-0.4, -0.2) is 24.4 Å². The van der Waals surface area contributed by atoms with Gasteiger partial charge in [0.25, 0.3) is 0 Å². The van der Waals surface area contributed by atoms with Crippen LogP contribution in [-0.2, 0) is 0 Å². The molecular formula is C11H17NO2. The second-order valence-corrected chi connectivity index (χ2v) is 3.19. The van der Waals surface area contributed by atoms with Crippen molar-refractivity contribution in [1.82, 2.24) is 0 Å². The number of rotatable bonds is 5. The fraction of sp³-hybridized carbons (Fsp3) is 0.455. The van der Waals surface area contributed by atoms with Crippen LogP contribution in [0.2, 0.25) is 0 Å². The first kappa shape index (κ1) is 10.9. The molecule has 0 aliphatic rings. The molecule has 3 heteroatoms.